The minimum absolute atomic E-state index is 0.180. The lowest BCUT2D eigenvalue weighted by Crippen LogP contribution is -2.33. The third-order valence-electron chi connectivity index (χ3n) is 3.72. The van der Waals surface area contributed by atoms with Crippen LogP contribution in [0, 0.1) is 11.8 Å². The van der Waals surface area contributed by atoms with Crippen LogP contribution in [-0.4, -0.2) is 11.2 Å². The molecule has 1 N–H and O–H groups in total. The summed E-state index contributed by atoms with van der Waals surface area (Å²) in [7, 11) is 0. The molecule has 3 atom stereocenters. The fourth-order valence-corrected chi connectivity index (χ4v) is 2.93. The molecule has 0 saturated heterocycles. The van der Waals surface area contributed by atoms with Crippen LogP contribution in [0.25, 0.3) is 0 Å². The molecule has 0 aromatic rings. The Labute approximate surface area is 97.9 Å². The van der Waals surface area contributed by atoms with Gasteiger partial charge in [0.15, 0.2) is 0 Å². The number of aliphatic hydroxyl groups excluding tert-OH is 1. The van der Waals surface area contributed by atoms with Gasteiger partial charge in [0.2, 0.25) is 0 Å². The smallest absolute Gasteiger partial charge is 0.0797 e. The van der Waals surface area contributed by atoms with E-state index in [4.69, 9.17) is 0 Å². The Kier molecular flexibility index (Phi) is 2.90. The van der Waals surface area contributed by atoms with Crippen LogP contribution in [0.1, 0.15) is 27.2 Å². The lowest BCUT2D eigenvalue weighted by molar-refractivity contribution is 0.137. The highest BCUT2D eigenvalue weighted by Gasteiger charge is 2.35. The SMILES string of the molecule is C=C(C)C1C(O)C=C(C)C2=CC(C)=CCC21. The minimum Gasteiger partial charge on any atom is -0.388 e. The second kappa shape index (κ2) is 4.06. The molecule has 2 aliphatic rings. The normalized spacial score (nSPS) is 33.5. The molecule has 0 bridgehead atoms. The zero-order valence-electron chi connectivity index (χ0n) is 10.3. The van der Waals surface area contributed by atoms with Crippen molar-refractivity contribution in [3.05, 3.63) is 47.1 Å². The zero-order valence-corrected chi connectivity index (χ0v) is 10.3. The number of rotatable bonds is 1. The first-order valence-corrected chi connectivity index (χ1v) is 5.91. The monoisotopic (exact) mass is 216 g/mol. The van der Waals surface area contributed by atoms with Gasteiger partial charge in [0, 0.05) is 5.92 Å². The van der Waals surface area contributed by atoms with Crippen molar-refractivity contribution in [2.45, 2.75) is 33.3 Å². The number of hydrogen-bond acceptors (Lipinski definition) is 1. The molecule has 0 spiro atoms. The van der Waals surface area contributed by atoms with Crippen molar-refractivity contribution in [3.8, 4) is 0 Å². The summed E-state index contributed by atoms with van der Waals surface area (Å²) in [6, 6.07) is 0. The first-order chi connectivity index (χ1) is 7.50. The fourth-order valence-electron chi connectivity index (χ4n) is 2.93. The highest BCUT2D eigenvalue weighted by Crippen LogP contribution is 2.42. The average Bonchev–Trinajstić information content (AvgIpc) is 2.18. The fraction of sp³-hybridized carbons (Fsp3) is 0.467. The molecule has 3 unspecified atom stereocenters. The van der Waals surface area contributed by atoms with Crippen LogP contribution in [0.5, 0.6) is 0 Å². The van der Waals surface area contributed by atoms with E-state index in [1.54, 1.807) is 0 Å². The quantitative estimate of drug-likeness (QED) is 0.666. The van der Waals surface area contributed by atoms with E-state index in [0.717, 1.165) is 12.0 Å². The summed E-state index contributed by atoms with van der Waals surface area (Å²) in [6.45, 7) is 10.3. The van der Waals surface area contributed by atoms with Gasteiger partial charge in [-0.05, 0) is 44.3 Å². The molecule has 0 aliphatic heterocycles. The van der Waals surface area contributed by atoms with E-state index < -0.39 is 0 Å². The molecule has 2 rings (SSSR count). The second-order valence-electron chi connectivity index (χ2n) is 5.10. The summed E-state index contributed by atoms with van der Waals surface area (Å²) in [4.78, 5) is 0. The van der Waals surface area contributed by atoms with Gasteiger partial charge in [-0.1, -0.05) is 36.0 Å². The predicted octanol–water partition coefficient (Wildman–Crippen LogP) is 3.39. The van der Waals surface area contributed by atoms with Gasteiger partial charge < -0.3 is 5.11 Å². The summed E-state index contributed by atoms with van der Waals surface area (Å²) in [5, 5.41) is 10.1. The third-order valence-corrected chi connectivity index (χ3v) is 3.72. The van der Waals surface area contributed by atoms with Crippen molar-refractivity contribution in [2.75, 3.05) is 0 Å². The van der Waals surface area contributed by atoms with E-state index >= 15 is 0 Å². The van der Waals surface area contributed by atoms with Crippen molar-refractivity contribution in [2.24, 2.45) is 11.8 Å². The predicted molar refractivity (Wildman–Crippen MR) is 68.0 cm³/mol. The minimum atomic E-state index is -0.369. The summed E-state index contributed by atoms with van der Waals surface area (Å²) < 4.78 is 0. The van der Waals surface area contributed by atoms with Gasteiger partial charge in [-0.25, -0.2) is 0 Å². The van der Waals surface area contributed by atoms with Gasteiger partial charge in [-0.15, -0.1) is 0 Å². The largest absolute Gasteiger partial charge is 0.388 e. The Morgan fingerprint density at radius 1 is 1.44 bits per heavy atom. The lowest BCUT2D eigenvalue weighted by atomic mass is 9.68. The average molecular weight is 216 g/mol. The maximum Gasteiger partial charge on any atom is 0.0797 e. The van der Waals surface area contributed by atoms with Crippen LogP contribution < -0.4 is 0 Å². The molecule has 0 amide bonds. The van der Waals surface area contributed by atoms with Crippen LogP contribution in [0.3, 0.4) is 0 Å². The molecule has 0 aromatic heterocycles. The topological polar surface area (TPSA) is 20.2 Å². The Morgan fingerprint density at radius 3 is 2.75 bits per heavy atom. The third kappa shape index (κ3) is 1.80. The maximum absolute atomic E-state index is 10.1. The molecular weight excluding hydrogens is 196 g/mol. The van der Waals surface area contributed by atoms with Gasteiger partial charge in [-0.2, -0.15) is 0 Å². The Morgan fingerprint density at radius 2 is 2.12 bits per heavy atom. The summed E-state index contributed by atoms with van der Waals surface area (Å²) in [6.07, 6.45) is 7.14. The molecule has 0 fully saturated rings. The van der Waals surface area contributed by atoms with E-state index in [-0.39, 0.29) is 12.0 Å². The van der Waals surface area contributed by atoms with Gasteiger partial charge in [0.1, 0.15) is 0 Å². The molecule has 0 radical (unpaired) electrons. The van der Waals surface area contributed by atoms with Gasteiger partial charge in [0.05, 0.1) is 6.10 Å². The molecule has 0 aromatic carbocycles. The van der Waals surface area contributed by atoms with Crippen LogP contribution in [0.15, 0.2) is 47.1 Å². The standard InChI is InChI=1S/C15H20O/c1-9(2)15-12-6-5-10(3)7-13(12)11(4)8-14(15)16/h5,7-8,12,14-16H,1,6H2,2-4H3. The van der Waals surface area contributed by atoms with Crippen molar-refractivity contribution >= 4 is 0 Å². The van der Waals surface area contributed by atoms with Crippen molar-refractivity contribution in [1.29, 1.82) is 0 Å². The first-order valence-electron chi connectivity index (χ1n) is 5.91. The van der Waals surface area contributed by atoms with Crippen molar-refractivity contribution < 1.29 is 5.11 Å². The molecule has 16 heavy (non-hydrogen) atoms. The Hall–Kier alpha value is -1.08. The number of allylic oxidation sites excluding steroid dienone is 5. The zero-order chi connectivity index (χ0) is 11.9. The van der Waals surface area contributed by atoms with Crippen molar-refractivity contribution in [3.63, 3.8) is 0 Å². The summed E-state index contributed by atoms with van der Waals surface area (Å²) in [5.74, 6) is 0.598. The van der Waals surface area contributed by atoms with E-state index in [1.165, 1.54) is 16.7 Å². The molecule has 1 nitrogen and oxygen atoms in total. The summed E-state index contributed by atoms with van der Waals surface area (Å²) in [5.41, 5.74) is 5.02. The molecule has 86 valence electrons. The molecule has 0 heterocycles. The van der Waals surface area contributed by atoms with Gasteiger partial charge >= 0.3 is 0 Å². The van der Waals surface area contributed by atoms with Crippen LogP contribution in [0.2, 0.25) is 0 Å². The van der Waals surface area contributed by atoms with Crippen LogP contribution in [0.4, 0.5) is 0 Å². The van der Waals surface area contributed by atoms with E-state index in [0.29, 0.717) is 5.92 Å². The lowest BCUT2D eigenvalue weighted by Gasteiger charge is -2.38. The first kappa shape index (κ1) is 11.4. The van der Waals surface area contributed by atoms with Gasteiger partial charge in [0.25, 0.3) is 0 Å². The van der Waals surface area contributed by atoms with Crippen LogP contribution >= 0.6 is 0 Å². The maximum atomic E-state index is 10.1. The van der Waals surface area contributed by atoms with Crippen LogP contribution in [-0.2, 0) is 0 Å². The van der Waals surface area contributed by atoms with E-state index in [2.05, 4.69) is 32.6 Å². The molecule has 2 aliphatic carbocycles. The molecule has 1 heteroatoms. The molecule has 0 saturated carbocycles. The highest BCUT2D eigenvalue weighted by atomic mass is 16.3. The Balaban J connectivity index is 2.44. The van der Waals surface area contributed by atoms with E-state index in [1.807, 2.05) is 13.0 Å². The second-order valence-corrected chi connectivity index (χ2v) is 5.10. The summed E-state index contributed by atoms with van der Waals surface area (Å²) >= 11 is 0. The highest BCUT2D eigenvalue weighted by molar-refractivity contribution is 5.45. The van der Waals surface area contributed by atoms with Crippen molar-refractivity contribution in [1.82, 2.24) is 0 Å². The Bertz CT molecular complexity index is 409. The molecular formula is C15H20O. The number of hydrogen-bond donors (Lipinski definition) is 1. The number of fused-ring (bicyclic) bond motifs is 1. The number of aliphatic hydroxyl groups is 1. The van der Waals surface area contributed by atoms with Gasteiger partial charge in [-0.3, -0.25) is 0 Å². The van der Waals surface area contributed by atoms with E-state index in [9.17, 15) is 5.11 Å².